The van der Waals surface area contributed by atoms with Crippen LogP contribution in [-0.2, 0) is 6.54 Å². The van der Waals surface area contributed by atoms with Crippen molar-refractivity contribution < 1.29 is 0 Å². The summed E-state index contributed by atoms with van der Waals surface area (Å²) >= 11 is 12.1. The average molecular weight is 411 g/mol. The maximum Gasteiger partial charge on any atom is 0.336 e. The molecule has 0 spiro atoms. The van der Waals surface area contributed by atoms with Crippen LogP contribution in [0.5, 0.6) is 0 Å². The first-order valence-electron chi connectivity index (χ1n) is 8.72. The molecule has 28 heavy (non-hydrogen) atoms. The lowest BCUT2D eigenvalue weighted by Gasteiger charge is -2.15. The maximum atomic E-state index is 13.4. The Bertz CT molecular complexity index is 1320. The molecule has 0 radical (unpaired) electrons. The van der Waals surface area contributed by atoms with Gasteiger partial charge in [-0.15, -0.1) is 0 Å². The molecule has 0 atom stereocenters. The number of aryl methyl sites for hydroxylation is 1. The van der Waals surface area contributed by atoms with Gasteiger partial charge in [0.2, 0.25) is 0 Å². The van der Waals surface area contributed by atoms with Crippen LogP contribution < -0.4 is 11.2 Å². The maximum absolute atomic E-state index is 13.4. The number of nitrogens with zero attached hydrogens (tertiary/aromatic N) is 2. The van der Waals surface area contributed by atoms with Crippen molar-refractivity contribution >= 4 is 34.1 Å². The van der Waals surface area contributed by atoms with Gasteiger partial charge in [-0.1, -0.05) is 59.6 Å². The number of hydrogen-bond donors (Lipinski definition) is 0. The van der Waals surface area contributed by atoms with Crippen LogP contribution in [0, 0.1) is 6.92 Å². The predicted molar refractivity (Wildman–Crippen MR) is 114 cm³/mol. The van der Waals surface area contributed by atoms with E-state index in [1.165, 1.54) is 6.07 Å². The highest BCUT2D eigenvalue weighted by atomic mass is 35.5. The number of aromatic nitrogens is 2. The van der Waals surface area contributed by atoms with E-state index in [1.807, 2.05) is 37.3 Å². The molecule has 0 saturated carbocycles. The first-order chi connectivity index (χ1) is 13.5. The number of hydrogen-bond acceptors (Lipinski definition) is 2. The molecule has 3 aromatic carbocycles. The predicted octanol–water partition coefficient (Wildman–Crippen LogP) is 4.82. The van der Waals surface area contributed by atoms with E-state index < -0.39 is 5.69 Å². The van der Waals surface area contributed by atoms with Crippen LogP contribution in [0.3, 0.4) is 0 Å². The van der Waals surface area contributed by atoms with Crippen LogP contribution in [0.1, 0.15) is 11.1 Å². The van der Waals surface area contributed by atoms with E-state index >= 15 is 0 Å². The molecule has 6 heteroatoms. The number of benzene rings is 3. The van der Waals surface area contributed by atoms with Crippen LogP contribution in [0.25, 0.3) is 16.6 Å². The van der Waals surface area contributed by atoms with E-state index in [1.54, 1.807) is 34.9 Å². The molecular formula is C22H16Cl2N2O2. The van der Waals surface area contributed by atoms with Gasteiger partial charge in [0.05, 0.1) is 33.2 Å². The number of fused-ring (bicyclic) bond motifs is 1. The summed E-state index contributed by atoms with van der Waals surface area (Å²) in [5, 5.41) is 1.10. The fourth-order valence-corrected chi connectivity index (χ4v) is 3.58. The Kier molecular flexibility index (Phi) is 4.84. The van der Waals surface area contributed by atoms with E-state index in [0.717, 1.165) is 15.7 Å². The second kappa shape index (κ2) is 7.30. The summed E-state index contributed by atoms with van der Waals surface area (Å²) in [5.41, 5.74) is 2.25. The highest BCUT2D eigenvalue weighted by Crippen LogP contribution is 2.24. The van der Waals surface area contributed by atoms with Crippen molar-refractivity contribution in [3.05, 3.63) is 109 Å². The third-order valence-corrected chi connectivity index (χ3v) is 5.54. The van der Waals surface area contributed by atoms with Gasteiger partial charge in [-0.3, -0.25) is 9.36 Å². The zero-order chi connectivity index (χ0) is 19.8. The molecule has 1 heterocycles. The Labute approximate surface area is 171 Å². The summed E-state index contributed by atoms with van der Waals surface area (Å²) in [4.78, 5) is 26.5. The van der Waals surface area contributed by atoms with Crippen molar-refractivity contribution in [2.45, 2.75) is 13.5 Å². The lowest BCUT2D eigenvalue weighted by Crippen LogP contribution is -2.39. The van der Waals surface area contributed by atoms with E-state index in [-0.39, 0.29) is 10.6 Å². The zero-order valence-corrected chi connectivity index (χ0v) is 16.5. The summed E-state index contributed by atoms with van der Waals surface area (Å²) in [6.45, 7) is 2.35. The van der Waals surface area contributed by atoms with Crippen LogP contribution in [0.15, 0.2) is 76.3 Å². The Balaban J connectivity index is 2.04. The van der Waals surface area contributed by atoms with E-state index in [2.05, 4.69) is 0 Å². The van der Waals surface area contributed by atoms with Gasteiger partial charge in [0.1, 0.15) is 0 Å². The minimum atomic E-state index is -0.426. The molecule has 0 saturated heterocycles. The van der Waals surface area contributed by atoms with E-state index in [9.17, 15) is 9.59 Å². The molecule has 0 aliphatic carbocycles. The molecule has 0 aliphatic rings. The van der Waals surface area contributed by atoms with Crippen molar-refractivity contribution in [2.24, 2.45) is 0 Å². The molecule has 0 unspecified atom stereocenters. The van der Waals surface area contributed by atoms with Gasteiger partial charge >= 0.3 is 5.69 Å². The molecular weight excluding hydrogens is 395 g/mol. The third kappa shape index (κ3) is 3.15. The smallest absolute Gasteiger partial charge is 0.288 e. The molecule has 4 aromatic rings. The SMILES string of the molecule is Cc1ccccc1Cn1c(=O)n(-c2ccc(Cl)c(Cl)c2)c(=O)c2ccccc21. The van der Waals surface area contributed by atoms with Crippen LogP contribution in [0.2, 0.25) is 10.0 Å². The largest absolute Gasteiger partial charge is 0.336 e. The van der Waals surface area contributed by atoms with Gasteiger partial charge in [-0.25, -0.2) is 9.36 Å². The minimum absolute atomic E-state index is 0.282. The monoisotopic (exact) mass is 410 g/mol. The Morgan fingerprint density at radius 1 is 0.857 bits per heavy atom. The fourth-order valence-electron chi connectivity index (χ4n) is 3.28. The second-order valence-corrected chi connectivity index (χ2v) is 7.37. The van der Waals surface area contributed by atoms with Crippen molar-refractivity contribution in [1.82, 2.24) is 9.13 Å². The summed E-state index contributed by atoms with van der Waals surface area (Å²) in [5.74, 6) is 0. The van der Waals surface area contributed by atoms with E-state index in [0.29, 0.717) is 28.2 Å². The Morgan fingerprint density at radius 2 is 1.57 bits per heavy atom. The Morgan fingerprint density at radius 3 is 2.32 bits per heavy atom. The first-order valence-corrected chi connectivity index (χ1v) is 9.47. The number of para-hydroxylation sites is 1. The molecule has 4 rings (SSSR count). The zero-order valence-electron chi connectivity index (χ0n) is 15.0. The van der Waals surface area contributed by atoms with Gasteiger partial charge in [0, 0.05) is 0 Å². The second-order valence-electron chi connectivity index (χ2n) is 6.55. The van der Waals surface area contributed by atoms with Gasteiger partial charge in [0.15, 0.2) is 0 Å². The highest BCUT2D eigenvalue weighted by Gasteiger charge is 2.15. The van der Waals surface area contributed by atoms with Gasteiger partial charge in [-0.2, -0.15) is 0 Å². The lowest BCUT2D eigenvalue weighted by molar-refractivity contribution is 0.712. The van der Waals surface area contributed by atoms with Crippen molar-refractivity contribution in [2.75, 3.05) is 0 Å². The summed E-state index contributed by atoms with van der Waals surface area (Å²) in [6, 6.07) is 19.7. The third-order valence-electron chi connectivity index (χ3n) is 4.80. The van der Waals surface area contributed by atoms with Gasteiger partial charge < -0.3 is 0 Å². The number of rotatable bonds is 3. The minimum Gasteiger partial charge on any atom is -0.288 e. The Hall–Kier alpha value is -2.82. The highest BCUT2D eigenvalue weighted by molar-refractivity contribution is 6.42. The summed E-state index contributed by atoms with van der Waals surface area (Å²) < 4.78 is 2.75. The molecule has 0 aliphatic heterocycles. The molecule has 0 N–H and O–H groups in total. The summed E-state index contributed by atoms with van der Waals surface area (Å²) in [6.07, 6.45) is 0. The molecule has 1 aromatic heterocycles. The quantitative estimate of drug-likeness (QED) is 0.486. The molecule has 0 fully saturated rings. The average Bonchev–Trinajstić information content (AvgIpc) is 2.69. The van der Waals surface area contributed by atoms with Crippen LogP contribution in [0.4, 0.5) is 0 Å². The standard InChI is InChI=1S/C22H16Cl2N2O2/c1-14-6-2-3-7-15(14)13-25-20-9-5-4-8-17(20)21(27)26(22(25)28)16-10-11-18(23)19(24)12-16/h2-12H,13H2,1H3. The normalized spacial score (nSPS) is 11.1. The van der Waals surface area contributed by atoms with Crippen molar-refractivity contribution in [3.8, 4) is 5.69 Å². The van der Waals surface area contributed by atoms with E-state index in [4.69, 9.17) is 23.2 Å². The fraction of sp³-hybridized carbons (Fsp3) is 0.0909. The van der Waals surface area contributed by atoms with Crippen molar-refractivity contribution in [1.29, 1.82) is 0 Å². The molecule has 0 bridgehead atoms. The summed E-state index contributed by atoms with van der Waals surface area (Å²) in [7, 11) is 0. The molecule has 0 amide bonds. The van der Waals surface area contributed by atoms with Gasteiger partial charge in [-0.05, 0) is 48.4 Å². The van der Waals surface area contributed by atoms with Crippen LogP contribution >= 0.6 is 23.2 Å². The van der Waals surface area contributed by atoms with Gasteiger partial charge in [0.25, 0.3) is 5.56 Å². The van der Waals surface area contributed by atoms with Crippen LogP contribution in [-0.4, -0.2) is 9.13 Å². The number of halogens is 2. The first kappa shape index (κ1) is 18.5. The molecule has 4 nitrogen and oxygen atoms in total. The topological polar surface area (TPSA) is 44.0 Å². The molecule has 140 valence electrons. The van der Waals surface area contributed by atoms with Crippen molar-refractivity contribution in [3.63, 3.8) is 0 Å². The lowest BCUT2D eigenvalue weighted by atomic mass is 10.1.